The molecule has 0 aliphatic carbocycles. The lowest BCUT2D eigenvalue weighted by atomic mass is 9.90. The molecule has 5 heteroatoms. The third kappa shape index (κ3) is 1.25. The van der Waals surface area contributed by atoms with Crippen molar-refractivity contribution in [3.8, 4) is 0 Å². The van der Waals surface area contributed by atoms with Crippen molar-refractivity contribution in [1.29, 1.82) is 0 Å². The van der Waals surface area contributed by atoms with E-state index in [4.69, 9.17) is 5.73 Å². The number of carbonyl (C=O) groups is 1. The molecule has 2 heterocycles. The maximum atomic E-state index is 11.4. The maximum Gasteiger partial charge on any atom is 0.143 e. The molecule has 5 nitrogen and oxygen atoms in total. The zero-order valence-electron chi connectivity index (χ0n) is 6.84. The molecule has 2 fully saturated rings. The van der Waals surface area contributed by atoms with Gasteiger partial charge in [-0.15, -0.1) is 0 Å². The van der Waals surface area contributed by atoms with Gasteiger partial charge in [0.05, 0.1) is 18.2 Å². The lowest BCUT2D eigenvalue weighted by Gasteiger charge is -2.40. The minimum Gasteiger partial charge on any atom is -0.315 e. The van der Waals surface area contributed by atoms with E-state index < -0.39 is 0 Å². The highest BCUT2D eigenvalue weighted by Gasteiger charge is 2.38. The van der Waals surface area contributed by atoms with Crippen molar-refractivity contribution in [2.45, 2.75) is 18.8 Å². The summed E-state index contributed by atoms with van der Waals surface area (Å²) in [7, 11) is 0. The Kier molecular flexibility index (Phi) is 2.10. The quantitative estimate of drug-likeness (QED) is 0.336. The van der Waals surface area contributed by atoms with Gasteiger partial charge in [-0.1, -0.05) is 0 Å². The summed E-state index contributed by atoms with van der Waals surface area (Å²) in [6, 6.07) is 0. The number of Topliss-reactive ketones (excluding diaryl/α,β-unsaturated/α-hetero) is 1. The standard InChI is InChI=1S/C7H14N4O/c8-6-5-4(12)1-2-9-7(5)11-3-10-6/h5-7,9-11H,1-3,8H2. The molecule has 2 aliphatic heterocycles. The highest BCUT2D eigenvalue weighted by Crippen LogP contribution is 2.15. The number of fused-ring (bicyclic) bond motifs is 1. The summed E-state index contributed by atoms with van der Waals surface area (Å²) in [6.45, 7) is 1.43. The zero-order valence-corrected chi connectivity index (χ0v) is 6.84. The second-order valence-corrected chi connectivity index (χ2v) is 3.28. The van der Waals surface area contributed by atoms with Crippen LogP contribution in [0, 0.1) is 5.92 Å². The maximum absolute atomic E-state index is 11.4. The molecule has 68 valence electrons. The van der Waals surface area contributed by atoms with E-state index in [9.17, 15) is 4.79 Å². The molecule has 2 rings (SSSR count). The van der Waals surface area contributed by atoms with Gasteiger partial charge in [0.2, 0.25) is 0 Å². The Hall–Kier alpha value is -0.490. The number of hydrogen-bond donors (Lipinski definition) is 4. The van der Waals surface area contributed by atoms with Crippen LogP contribution in [-0.4, -0.2) is 31.3 Å². The Labute approximate surface area is 71.1 Å². The van der Waals surface area contributed by atoms with Gasteiger partial charge in [-0.3, -0.25) is 15.4 Å². The normalized spacial score (nSPS) is 42.4. The van der Waals surface area contributed by atoms with Gasteiger partial charge in [0.15, 0.2) is 0 Å². The van der Waals surface area contributed by atoms with E-state index in [1.165, 1.54) is 0 Å². The Balaban J connectivity index is 2.12. The van der Waals surface area contributed by atoms with Crippen LogP contribution in [0.3, 0.4) is 0 Å². The number of nitrogens with one attached hydrogen (secondary N) is 3. The van der Waals surface area contributed by atoms with Gasteiger partial charge in [0, 0.05) is 19.6 Å². The first-order valence-electron chi connectivity index (χ1n) is 4.27. The van der Waals surface area contributed by atoms with E-state index in [0.29, 0.717) is 13.1 Å². The Morgan fingerprint density at radius 1 is 1.33 bits per heavy atom. The fourth-order valence-corrected chi connectivity index (χ4v) is 1.85. The van der Waals surface area contributed by atoms with Gasteiger partial charge in [-0.05, 0) is 0 Å². The minimum atomic E-state index is -0.198. The summed E-state index contributed by atoms with van der Waals surface area (Å²) in [5.41, 5.74) is 5.77. The van der Waals surface area contributed by atoms with Crippen LogP contribution in [0.4, 0.5) is 0 Å². The van der Waals surface area contributed by atoms with Crippen LogP contribution in [0.15, 0.2) is 0 Å². The monoisotopic (exact) mass is 170 g/mol. The Morgan fingerprint density at radius 2 is 2.17 bits per heavy atom. The van der Waals surface area contributed by atoms with Crippen molar-refractivity contribution in [3.63, 3.8) is 0 Å². The lowest BCUT2D eigenvalue weighted by Crippen LogP contribution is -2.69. The number of piperidine rings is 1. The van der Waals surface area contributed by atoms with Crippen molar-refractivity contribution in [2.24, 2.45) is 11.7 Å². The molecule has 5 N–H and O–H groups in total. The van der Waals surface area contributed by atoms with Crippen molar-refractivity contribution in [3.05, 3.63) is 0 Å². The largest absolute Gasteiger partial charge is 0.315 e. The van der Waals surface area contributed by atoms with Crippen molar-refractivity contribution in [2.75, 3.05) is 13.2 Å². The fourth-order valence-electron chi connectivity index (χ4n) is 1.85. The number of hydrogen-bond acceptors (Lipinski definition) is 5. The lowest BCUT2D eigenvalue weighted by molar-refractivity contribution is -0.127. The predicted molar refractivity (Wildman–Crippen MR) is 44.0 cm³/mol. The van der Waals surface area contributed by atoms with Crippen molar-refractivity contribution < 1.29 is 4.79 Å². The third-order valence-electron chi connectivity index (χ3n) is 2.51. The number of nitrogens with two attached hydrogens (primary N) is 1. The fraction of sp³-hybridized carbons (Fsp3) is 0.857. The highest BCUT2D eigenvalue weighted by molar-refractivity contribution is 5.83. The number of carbonyl (C=O) groups excluding carboxylic acids is 1. The van der Waals surface area contributed by atoms with Crippen LogP contribution in [0.1, 0.15) is 6.42 Å². The summed E-state index contributed by atoms with van der Waals surface area (Å²) in [5, 5.41) is 9.41. The van der Waals surface area contributed by atoms with Gasteiger partial charge in [0.25, 0.3) is 0 Å². The zero-order chi connectivity index (χ0) is 8.55. The molecule has 2 aliphatic rings. The van der Waals surface area contributed by atoms with Gasteiger partial charge in [0.1, 0.15) is 5.78 Å². The average molecular weight is 170 g/mol. The van der Waals surface area contributed by atoms with E-state index in [0.717, 1.165) is 6.54 Å². The molecule has 12 heavy (non-hydrogen) atoms. The van der Waals surface area contributed by atoms with Crippen LogP contribution in [-0.2, 0) is 4.79 Å². The number of rotatable bonds is 0. The second-order valence-electron chi connectivity index (χ2n) is 3.28. The summed E-state index contributed by atoms with van der Waals surface area (Å²) in [6.07, 6.45) is 0.470. The summed E-state index contributed by atoms with van der Waals surface area (Å²) >= 11 is 0. The summed E-state index contributed by atoms with van der Waals surface area (Å²) in [4.78, 5) is 11.4. The molecule has 3 atom stereocenters. The molecule has 0 aromatic rings. The average Bonchev–Trinajstić information content (AvgIpc) is 2.04. The molecule has 0 bridgehead atoms. The molecule has 0 amide bonds. The van der Waals surface area contributed by atoms with Crippen molar-refractivity contribution >= 4 is 5.78 Å². The SMILES string of the molecule is NC1NCNC2NCCC(=O)C12. The van der Waals surface area contributed by atoms with E-state index in [-0.39, 0.29) is 24.0 Å². The topological polar surface area (TPSA) is 79.2 Å². The summed E-state index contributed by atoms with van der Waals surface area (Å²) < 4.78 is 0. The first-order chi connectivity index (χ1) is 5.79. The van der Waals surface area contributed by atoms with Gasteiger partial charge < -0.3 is 11.1 Å². The van der Waals surface area contributed by atoms with E-state index in [1.807, 2.05) is 0 Å². The number of ketones is 1. The third-order valence-corrected chi connectivity index (χ3v) is 2.51. The van der Waals surface area contributed by atoms with E-state index >= 15 is 0 Å². The Bertz CT molecular complexity index is 194. The molecule has 0 spiro atoms. The highest BCUT2D eigenvalue weighted by atomic mass is 16.1. The molecule has 0 aromatic carbocycles. The van der Waals surface area contributed by atoms with E-state index in [1.54, 1.807) is 0 Å². The molecular formula is C7H14N4O. The molecule has 0 aromatic heterocycles. The van der Waals surface area contributed by atoms with Crippen molar-refractivity contribution in [1.82, 2.24) is 16.0 Å². The van der Waals surface area contributed by atoms with Crippen LogP contribution >= 0.6 is 0 Å². The molecule has 2 saturated heterocycles. The molecule has 0 radical (unpaired) electrons. The van der Waals surface area contributed by atoms with Crippen LogP contribution in [0.25, 0.3) is 0 Å². The minimum absolute atomic E-state index is 0.0718. The first kappa shape index (κ1) is 8.12. The van der Waals surface area contributed by atoms with Crippen LogP contribution in [0.5, 0.6) is 0 Å². The smallest absolute Gasteiger partial charge is 0.143 e. The first-order valence-corrected chi connectivity index (χ1v) is 4.27. The second kappa shape index (κ2) is 3.10. The molecular weight excluding hydrogens is 156 g/mol. The van der Waals surface area contributed by atoms with Gasteiger partial charge in [-0.25, -0.2) is 0 Å². The van der Waals surface area contributed by atoms with Crippen LogP contribution in [0.2, 0.25) is 0 Å². The van der Waals surface area contributed by atoms with Gasteiger partial charge in [-0.2, -0.15) is 0 Å². The molecule has 0 saturated carbocycles. The molecule has 3 unspecified atom stereocenters. The predicted octanol–water partition coefficient (Wildman–Crippen LogP) is -2.07. The van der Waals surface area contributed by atoms with Gasteiger partial charge >= 0.3 is 0 Å². The summed E-state index contributed by atoms with van der Waals surface area (Å²) in [5.74, 6) is 0.151. The van der Waals surface area contributed by atoms with E-state index in [2.05, 4.69) is 16.0 Å². The Morgan fingerprint density at radius 3 is 2.92 bits per heavy atom. The van der Waals surface area contributed by atoms with Crippen LogP contribution < -0.4 is 21.7 Å².